The summed E-state index contributed by atoms with van der Waals surface area (Å²) in [5.41, 5.74) is 1.27. The molecule has 0 radical (unpaired) electrons. The number of hydrogen-bond acceptors (Lipinski definition) is 3. The number of nitrogens with zero attached hydrogens (tertiary/aromatic N) is 3. The predicted octanol–water partition coefficient (Wildman–Crippen LogP) is 1.26. The fraction of sp³-hybridized carbons (Fsp3) is 0.750. The maximum Gasteiger partial charge on any atom is 0.0646 e. The highest BCUT2D eigenvalue weighted by Crippen LogP contribution is 2.20. The van der Waals surface area contributed by atoms with Gasteiger partial charge in [0, 0.05) is 24.8 Å². The Hall–Kier alpha value is -0.870. The summed E-state index contributed by atoms with van der Waals surface area (Å²) in [6, 6.07) is 0.569. The van der Waals surface area contributed by atoms with E-state index in [0.717, 1.165) is 19.6 Å². The fourth-order valence-corrected chi connectivity index (χ4v) is 2.41. The summed E-state index contributed by atoms with van der Waals surface area (Å²) in [6.07, 6.45) is 6.71. The van der Waals surface area contributed by atoms with Crippen molar-refractivity contribution in [3.63, 3.8) is 0 Å². The van der Waals surface area contributed by atoms with Gasteiger partial charge >= 0.3 is 0 Å². The summed E-state index contributed by atoms with van der Waals surface area (Å²) in [5, 5.41) is 7.63. The van der Waals surface area contributed by atoms with Crippen molar-refractivity contribution in [2.45, 2.75) is 32.4 Å². The third-order valence-electron chi connectivity index (χ3n) is 3.34. The van der Waals surface area contributed by atoms with Crippen molar-refractivity contribution in [1.29, 1.82) is 0 Å². The molecule has 1 N–H and O–H groups in total. The number of likely N-dealkylation sites (N-methyl/N-ethyl adjacent to an activating group) is 1. The number of rotatable bonds is 4. The first-order valence-electron chi connectivity index (χ1n) is 6.23. The molecular weight excluding hydrogens is 200 g/mol. The molecule has 90 valence electrons. The van der Waals surface area contributed by atoms with Crippen LogP contribution in [0.25, 0.3) is 0 Å². The van der Waals surface area contributed by atoms with Crippen LogP contribution >= 0.6 is 0 Å². The van der Waals surface area contributed by atoms with Gasteiger partial charge in [0.2, 0.25) is 0 Å². The highest BCUT2D eigenvalue weighted by atomic mass is 15.3. The van der Waals surface area contributed by atoms with E-state index in [-0.39, 0.29) is 0 Å². The number of nitrogens with one attached hydrogen (secondary N) is 1. The number of likely N-dealkylation sites (tertiary alicyclic amines) is 1. The third-order valence-corrected chi connectivity index (χ3v) is 3.34. The van der Waals surface area contributed by atoms with Gasteiger partial charge in [0.05, 0.1) is 12.2 Å². The highest BCUT2D eigenvalue weighted by molar-refractivity contribution is 5.04. The molecule has 0 aliphatic carbocycles. The van der Waals surface area contributed by atoms with Gasteiger partial charge in [-0.15, -0.1) is 0 Å². The summed E-state index contributed by atoms with van der Waals surface area (Å²) in [5.74, 6) is 0. The smallest absolute Gasteiger partial charge is 0.0646 e. The largest absolute Gasteiger partial charge is 0.316 e. The summed E-state index contributed by atoms with van der Waals surface area (Å²) < 4.78 is 2.15. The molecule has 0 aromatic carbocycles. The molecule has 1 saturated heterocycles. The number of aromatic nitrogens is 2. The average molecular weight is 222 g/mol. The van der Waals surface area contributed by atoms with Crippen LogP contribution in [-0.2, 0) is 6.54 Å². The molecule has 0 saturated carbocycles. The minimum atomic E-state index is 0.569. The minimum Gasteiger partial charge on any atom is -0.316 e. The lowest BCUT2D eigenvalue weighted by Crippen LogP contribution is -2.36. The van der Waals surface area contributed by atoms with E-state index in [0.29, 0.717) is 6.04 Å². The zero-order valence-corrected chi connectivity index (χ0v) is 10.3. The molecule has 1 aliphatic heterocycles. The Balaban J connectivity index is 1.99. The van der Waals surface area contributed by atoms with Gasteiger partial charge in [-0.05, 0) is 33.0 Å². The molecule has 0 bridgehead atoms. The summed E-state index contributed by atoms with van der Waals surface area (Å²) in [6.45, 7) is 6.69. The molecule has 4 nitrogen and oxygen atoms in total. The molecular formula is C12H22N4. The Labute approximate surface area is 97.6 Å². The standard InChI is InChI=1S/C12H22N4/c1-3-15-6-4-5-12(10-15)16-9-11(7-13-2)8-14-16/h8-9,12-13H,3-7,10H2,1-2H3. The second-order valence-corrected chi connectivity index (χ2v) is 4.55. The van der Waals surface area contributed by atoms with E-state index < -0.39 is 0 Å². The lowest BCUT2D eigenvalue weighted by atomic mass is 10.1. The lowest BCUT2D eigenvalue weighted by Gasteiger charge is -2.31. The predicted molar refractivity (Wildman–Crippen MR) is 65.4 cm³/mol. The molecule has 16 heavy (non-hydrogen) atoms. The molecule has 1 aromatic heterocycles. The van der Waals surface area contributed by atoms with E-state index in [1.165, 1.54) is 24.9 Å². The van der Waals surface area contributed by atoms with Gasteiger partial charge < -0.3 is 10.2 Å². The van der Waals surface area contributed by atoms with Crippen LogP contribution in [0.5, 0.6) is 0 Å². The van der Waals surface area contributed by atoms with Crippen LogP contribution in [0.15, 0.2) is 12.4 Å². The summed E-state index contributed by atoms with van der Waals surface area (Å²) >= 11 is 0. The van der Waals surface area contributed by atoms with E-state index in [4.69, 9.17) is 0 Å². The Morgan fingerprint density at radius 1 is 1.56 bits per heavy atom. The lowest BCUT2D eigenvalue weighted by molar-refractivity contribution is 0.177. The maximum atomic E-state index is 4.48. The third kappa shape index (κ3) is 2.62. The maximum absolute atomic E-state index is 4.48. The van der Waals surface area contributed by atoms with Crippen LogP contribution in [0.2, 0.25) is 0 Å². The van der Waals surface area contributed by atoms with Crippen LogP contribution in [0.4, 0.5) is 0 Å². The van der Waals surface area contributed by atoms with E-state index in [1.54, 1.807) is 0 Å². The zero-order valence-electron chi connectivity index (χ0n) is 10.3. The van der Waals surface area contributed by atoms with Crippen LogP contribution < -0.4 is 5.32 Å². The van der Waals surface area contributed by atoms with Gasteiger partial charge in [-0.3, -0.25) is 4.68 Å². The van der Waals surface area contributed by atoms with Crippen molar-refractivity contribution in [1.82, 2.24) is 20.0 Å². The summed E-state index contributed by atoms with van der Waals surface area (Å²) in [7, 11) is 1.97. The Bertz CT molecular complexity index is 321. The molecule has 0 amide bonds. The van der Waals surface area contributed by atoms with Gasteiger partial charge in [0.25, 0.3) is 0 Å². The molecule has 1 atom stereocenters. The van der Waals surface area contributed by atoms with Crippen molar-refractivity contribution in [2.24, 2.45) is 0 Å². The molecule has 1 unspecified atom stereocenters. The molecule has 2 rings (SSSR count). The topological polar surface area (TPSA) is 33.1 Å². The number of piperidine rings is 1. The Morgan fingerprint density at radius 3 is 3.19 bits per heavy atom. The van der Waals surface area contributed by atoms with Crippen molar-refractivity contribution in [3.8, 4) is 0 Å². The molecule has 1 aromatic rings. The van der Waals surface area contributed by atoms with Gasteiger partial charge in [-0.1, -0.05) is 6.92 Å². The fourth-order valence-electron chi connectivity index (χ4n) is 2.41. The van der Waals surface area contributed by atoms with Crippen LogP contribution in [0.1, 0.15) is 31.4 Å². The first-order chi connectivity index (χ1) is 7.83. The van der Waals surface area contributed by atoms with Crippen molar-refractivity contribution in [3.05, 3.63) is 18.0 Å². The summed E-state index contributed by atoms with van der Waals surface area (Å²) in [4.78, 5) is 2.51. The van der Waals surface area contributed by atoms with Crippen molar-refractivity contribution in [2.75, 3.05) is 26.7 Å². The SMILES string of the molecule is CCN1CCCC(n2cc(CNC)cn2)C1. The van der Waals surface area contributed by atoms with E-state index in [9.17, 15) is 0 Å². The molecule has 4 heteroatoms. The molecule has 1 aliphatic rings. The van der Waals surface area contributed by atoms with Crippen LogP contribution in [0.3, 0.4) is 0 Å². The first-order valence-corrected chi connectivity index (χ1v) is 6.23. The zero-order chi connectivity index (χ0) is 11.4. The minimum absolute atomic E-state index is 0.569. The second kappa shape index (κ2) is 5.46. The van der Waals surface area contributed by atoms with Gasteiger partial charge in [0.15, 0.2) is 0 Å². The normalized spacial score (nSPS) is 22.5. The monoisotopic (exact) mass is 222 g/mol. The van der Waals surface area contributed by atoms with Gasteiger partial charge in [-0.25, -0.2) is 0 Å². The molecule has 0 spiro atoms. The first kappa shape index (κ1) is 11.6. The van der Waals surface area contributed by atoms with E-state index in [1.807, 2.05) is 13.2 Å². The Kier molecular flexibility index (Phi) is 3.96. The second-order valence-electron chi connectivity index (χ2n) is 4.55. The average Bonchev–Trinajstić information content (AvgIpc) is 2.78. The van der Waals surface area contributed by atoms with Gasteiger partial charge in [-0.2, -0.15) is 5.10 Å². The van der Waals surface area contributed by atoms with E-state index in [2.05, 4.69) is 33.1 Å². The van der Waals surface area contributed by atoms with Crippen LogP contribution in [0, 0.1) is 0 Å². The van der Waals surface area contributed by atoms with Gasteiger partial charge in [0.1, 0.15) is 0 Å². The van der Waals surface area contributed by atoms with Crippen LogP contribution in [-0.4, -0.2) is 41.4 Å². The number of hydrogen-bond donors (Lipinski definition) is 1. The molecule has 2 heterocycles. The molecule has 1 fully saturated rings. The Morgan fingerprint density at radius 2 is 2.44 bits per heavy atom. The van der Waals surface area contributed by atoms with E-state index >= 15 is 0 Å². The quantitative estimate of drug-likeness (QED) is 0.832. The van der Waals surface area contributed by atoms with Crippen molar-refractivity contribution < 1.29 is 0 Å². The highest BCUT2D eigenvalue weighted by Gasteiger charge is 2.20. The van der Waals surface area contributed by atoms with Crippen molar-refractivity contribution >= 4 is 0 Å².